The van der Waals surface area contributed by atoms with Gasteiger partial charge in [-0.1, -0.05) is 17.3 Å². The summed E-state index contributed by atoms with van der Waals surface area (Å²) in [5.74, 6) is 2.38. The Morgan fingerprint density at radius 1 is 1.07 bits per heavy atom. The van der Waals surface area contributed by atoms with E-state index in [9.17, 15) is 0 Å². The third-order valence-corrected chi connectivity index (χ3v) is 7.28. The Labute approximate surface area is 183 Å². The van der Waals surface area contributed by atoms with Crippen LogP contribution in [0.4, 0.5) is 0 Å². The maximum atomic E-state index is 5.61. The van der Waals surface area contributed by atoms with Crippen molar-refractivity contribution in [2.24, 2.45) is 0 Å². The Morgan fingerprint density at radius 2 is 1.87 bits per heavy atom. The number of fused-ring (bicyclic) bond motifs is 1. The van der Waals surface area contributed by atoms with Crippen LogP contribution in [0.25, 0.3) is 10.6 Å². The summed E-state index contributed by atoms with van der Waals surface area (Å²) in [4.78, 5) is 4.88. The van der Waals surface area contributed by atoms with Gasteiger partial charge in [-0.2, -0.15) is 0 Å². The molecule has 0 saturated heterocycles. The van der Waals surface area contributed by atoms with Gasteiger partial charge in [0.25, 0.3) is 0 Å². The fraction of sp³-hybridized carbons (Fsp3) is 0.261. The van der Waals surface area contributed by atoms with E-state index in [1.54, 1.807) is 36.9 Å². The lowest BCUT2D eigenvalue weighted by atomic mass is 9.90. The maximum absolute atomic E-state index is 5.61. The first-order chi connectivity index (χ1) is 14.8. The van der Waals surface area contributed by atoms with E-state index in [-0.39, 0.29) is 6.04 Å². The molecule has 1 aliphatic heterocycles. The van der Waals surface area contributed by atoms with Crippen molar-refractivity contribution in [2.75, 3.05) is 20.8 Å². The van der Waals surface area contributed by atoms with Crippen LogP contribution >= 0.6 is 22.7 Å². The summed E-state index contributed by atoms with van der Waals surface area (Å²) in [5.41, 5.74) is 3.52. The first-order valence-corrected chi connectivity index (χ1v) is 11.5. The van der Waals surface area contributed by atoms with Crippen LogP contribution in [0.1, 0.15) is 27.7 Å². The van der Waals surface area contributed by atoms with Crippen molar-refractivity contribution >= 4 is 22.7 Å². The minimum Gasteiger partial charge on any atom is -0.493 e. The zero-order chi connectivity index (χ0) is 20.5. The SMILES string of the molecule is COc1cc2c(cc1OC)C(c1cccs1)N(Cc1cc(-c3cccs3)on1)CC2. The molecule has 4 heterocycles. The Hall–Kier alpha value is -2.61. The molecule has 4 aromatic rings. The van der Waals surface area contributed by atoms with Gasteiger partial charge in [-0.3, -0.25) is 4.90 Å². The number of hydrogen-bond acceptors (Lipinski definition) is 7. The van der Waals surface area contributed by atoms with E-state index < -0.39 is 0 Å². The summed E-state index contributed by atoms with van der Waals surface area (Å²) in [5, 5.41) is 8.53. The van der Waals surface area contributed by atoms with Gasteiger partial charge in [0, 0.05) is 24.0 Å². The maximum Gasteiger partial charge on any atom is 0.177 e. The molecule has 3 aromatic heterocycles. The van der Waals surface area contributed by atoms with Gasteiger partial charge >= 0.3 is 0 Å². The summed E-state index contributed by atoms with van der Waals surface area (Å²) in [6, 6.07) is 14.9. The second-order valence-corrected chi connectivity index (χ2v) is 9.13. The highest BCUT2D eigenvalue weighted by molar-refractivity contribution is 7.13. The van der Waals surface area contributed by atoms with Crippen LogP contribution in [0.3, 0.4) is 0 Å². The minimum atomic E-state index is 0.149. The molecule has 0 amide bonds. The van der Waals surface area contributed by atoms with Crippen LogP contribution < -0.4 is 9.47 Å². The first kappa shape index (κ1) is 19.4. The molecule has 154 valence electrons. The van der Waals surface area contributed by atoms with Gasteiger partial charge in [0.1, 0.15) is 0 Å². The highest BCUT2D eigenvalue weighted by Gasteiger charge is 2.31. The molecule has 30 heavy (non-hydrogen) atoms. The van der Waals surface area contributed by atoms with Gasteiger partial charge in [0.15, 0.2) is 17.3 Å². The molecular weight excluding hydrogens is 416 g/mol. The van der Waals surface area contributed by atoms with Gasteiger partial charge in [-0.25, -0.2) is 0 Å². The Kier molecular flexibility index (Phi) is 5.33. The molecule has 7 heteroatoms. The zero-order valence-electron chi connectivity index (χ0n) is 16.8. The van der Waals surface area contributed by atoms with Crippen molar-refractivity contribution in [1.82, 2.24) is 10.1 Å². The molecule has 0 radical (unpaired) electrons. The lowest BCUT2D eigenvalue weighted by Gasteiger charge is -2.37. The number of thiophene rings is 2. The molecule has 1 atom stereocenters. The fourth-order valence-corrected chi connectivity index (χ4v) is 5.63. The van der Waals surface area contributed by atoms with Crippen molar-refractivity contribution in [3.63, 3.8) is 0 Å². The quantitative estimate of drug-likeness (QED) is 0.390. The third-order valence-electron chi connectivity index (χ3n) is 5.47. The lowest BCUT2D eigenvalue weighted by Crippen LogP contribution is -2.35. The predicted molar refractivity (Wildman–Crippen MR) is 120 cm³/mol. The summed E-state index contributed by atoms with van der Waals surface area (Å²) in [6.07, 6.45) is 0.952. The van der Waals surface area contributed by atoms with Crippen molar-refractivity contribution in [2.45, 2.75) is 19.0 Å². The Bertz CT molecular complexity index is 1120. The van der Waals surface area contributed by atoms with Gasteiger partial charge in [-0.05, 0) is 52.6 Å². The van der Waals surface area contributed by atoms with E-state index in [4.69, 9.17) is 14.0 Å². The molecule has 1 unspecified atom stereocenters. The van der Waals surface area contributed by atoms with Gasteiger partial charge in [0.05, 0.1) is 30.8 Å². The molecule has 0 aliphatic carbocycles. The second kappa shape index (κ2) is 8.26. The zero-order valence-corrected chi connectivity index (χ0v) is 18.5. The van der Waals surface area contributed by atoms with Crippen molar-refractivity contribution in [3.05, 3.63) is 74.9 Å². The Morgan fingerprint density at radius 3 is 2.60 bits per heavy atom. The van der Waals surface area contributed by atoms with Crippen molar-refractivity contribution in [3.8, 4) is 22.1 Å². The van der Waals surface area contributed by atoms with Crippen LogP contribution in [0, 0.1) is 0 Å². The molecule has 0 saturated carbocycles. The van der Waals surface area contributed by atoms with Crippen LogP contribution in [0.2, 0.25) is 0 Å². The normalized spacial score (nSPS) is 16.4. The monoisotopic (exact) mass is 438 g/mol. The largest absolute Gasteiger partial charge is 0.493 e. The number of nitrogens with zero attached hydrogens (tertiary/aromatic N) is 2. The van der Waals surface area contributed by atoms with E-state index in [2.05, 4.69) is 51.8 Å². The first-order valence-electron chi connectivity index (χ1n) is 9.78. The molecule has 5 nitrogen and oxygen atoms in total. The average Bonchev–Trinajstić information content (AvgIpc) is 3.55. The predicted octanol–water partition coefficient (Wildman–Crippen LogP) is 5.63. The second-order valence-electron chi connectivity index (χ2n) is 7.20. The smallest absolute Gasteiger partial charge is 0.177 e. The van der Waals surface area contributed by atoms with E-state index in [0.717, 1.165) is 47.3 Å². The number of aromatic nitrogens is 1. The fourth-order valence-electron chi connectivity index (χ4n) is 4.08. The standard InChI is InChI=1S/C23H22N2O3S2/c1-26-18-11-15-7-8-25(14-16-12-20(28-24-16)21-5-3-9-29-21)23(22-6-4-10-30-22)17(15)13-19(18)27-2/h3-6,9-13,23H,7-8,14H2,1-2H3. The van der Waals surface area contributed by atoms with Gasteiger partial charge < -0.3 is 14.0 Å². The summed E-state index contributed by atoms with van der Waals surface area (Å²) in [6.45, 7) is 1.66. The number of benzene rings is 1. The van der Waals surface area contributed by atoms with E-state index in [1.807, 2.05) is 11.4 Å². The molecule has 5 rings (SSSR count). The summed E-state index contributed by atoms with van der Waals surface area (Å²) in [7, 11) is 3.37. The summed E-state index contributed by atoms with van der Waals surface area (Å²) < 4.78 is 16.7. The molecule has 0 N–H and O–H groups in total. The van der Waals surface area contributed by atoms with Gasteiger partial charge in [-0.15, -0.1) is 22.7 Å². The molecule has 0 spiro atoms. The highest BCUT2D eigenvalue weighted by Crippen LogP contribution is 2.42. The lowest BCUT2D eigenvalue weighted by molar-refractivity contribution is 0.200. The number of ether oxygens (including phenoxy) is 2. The molecule has 0 bridgehead atoms. The summed E-state index contributed by atoms with van der Waals surface area (Å²) >= 11 is 3.44. The van der Waals surface area contributed by atoms with E-state index in [1.165, 1.54) is 16.0 Å². The van der Waals surface area contributed by atoms with E-state index in [0.29, 0.717) is 0 Å². The van der Waals surface area contributed by atoms with Crippen LogP contribution in [0.15, 0.2) is 57.7 Å². The average molecular weight is 439 g/mol. The number of methoxy groups -OCH3 is 2. The van der Waals surface area contributed by atoms with Crippen LogP contribution in [-0.4, -0.2) is 30.8 Å². The molecule has 1 aromatic carbocycles. The van der Waals surface area contributed by atoms with Gasteiger partial charge in [0.2, 0.25) is 0 Å². The molecule has 0 fully saturated rings. The highest BCUT2D eigenvalue weighted by atomic mass is 32.1. The van der Waals surface area contributed by atoms with Crippen molar-refractivity contribution in [1.29, 1.82) is 0 Å². The number of rotatable bonds is 6. The Balaban J connectivity index is 1.50. The number of hydrogen-bond donors (Lipinski definition) is 0. The van der Waals surface area contributed by atoms with Crippen LogP contribution in [0.5, 0.6) is 11.5 Å². The minimum absolute atomic E-state index is 0.149. The molecular formula is C23H22N2O3S2. The third kappa shape index (κ3) is 3.53. The van der Waals surface area contributed by atoms with Crippen molar-refractivity contribution < 1.29 is 14.0 Å². The van der Waals surface area contributed by atoms with Crippen LogP contribution in [-0.2, 0) is 13.0 Å². The van der Waals surface area contributed by atoms with E-state index >= 15 is 0 Å². The topological polar surface area (TPSA) is 47.7 Å². The molecule has 1 aliphatic rings.